The van der Waals surface area contributed by atoms with Gasteiger partial charge in [-0.3, -0.25) is 0 Å². The normalized spacial score (nSPS) is 9.53. The Balaban J connectivity index is 0.000000686. The van der Waals surface area contributed by atoms with Gasteiger partial charge in [0.15, 0.2) is 0 Å². The molecule has 0 radical (unpaired) electrons. The van der Waals surface area contributed by atoms with Crippen molar-refractivity contribution in [2.24, 2.45) is 0 Å². The van der Waals surface area contributed by atoms with E-state index < -0.39 is 5.97 Å². The fourth-order valence-electron chi connectivity index (χ4n) is 1.47. The fraction of sp³-hybridized carbons (Fsp3) is 0.154. The maximum atomic E-state index is 10.7. The largest absolute Gasteiger partial charge is 0.507 e. The van der Waals surface area contributed by atoms with Crippen molar-refractivity contribution in [1.29, 1.82) is 0 Å². The molecule has 0 aromatic heterocycles. The number of hydrogen-bond acceptors (Lipinski definition) is 3. The van der Waals surface area contributed by atoms with Crippen LogP contribution >= 0.6 is 0 Å². The van der Waals surface area contributed by atoms with E-state index in [1.807, 2.05) is 13.8 Å². The molecule has 0 saturated heterocycles. The van der Waals surface area contributed by atoms with E-state index in [0.717, 1.165) is 0 Å². The monoisotopic (exact) mass is 234 g/mol. The van der Waals surface area contributed by atoms with Gasteiger partial charge >= 0.3 is 5.97 Å². The lowest BCUT2D eigenvalue weighted by molar-refractivity contribution is 0.0694. The molecule has 0 aliphatic rings. The first-order valence-electron chi connectivity index (χ1n) is 5.27. The first kappa shape index (κ1) is 12.8. The van der Waals surface area contributed by atoms with Gasteiger partial charge in [-0.25, -0.2) is 4.79 Å². The van der Waals surface area contributed by atoms with Crippen LogP contribution in [-0.2, 0) is 0 Å². The van der Waals surface area contributed by atoms with Gasteiger partial charge in [0, 0.05) is 5.39 Å². The number of phenolic OH excluding ortho intramolecular Hbond substituents is 1. The zero-order valence-corrected chi connectivity index (χ0v) is 9.64. The van der Waals surface area contributed by atoms with Crippen LogP contribution < -0.4 is 0 Å². The van der Waals surface area contributed by atoms with E-state index in [9.17, 15) is 15.0 Å². The van der Waals surface area contributed by atoms with Gasteiger partial charge in [0.05, 0.1) is 0 Å². The highest BCUT2D eigenvalue weighted by molar-refractivity contribution is 5.99. The predicted molar refractivity (Wildman–Crippen MR) is 65.6 cm³/mol. The summed E-state index contributed by atoms with van der Waals surface area (Å²) in [4.78, 5) is 10.7. The number of phenols is 2. The maximum Gasteiger partial charge on any atom is 0.339 e. The van der Waals surface area contributed by atoms with Gasteiger partial charge < -0.3 is 15.3 Å². The summed E-state index contributed by atoms with van der Waals surface area (Å²) in [5.74, 6) is -1.53. The van der Waals surface area contributed by atoms with E-state index in [1.54, 1.807) is 12.1 Å². The summed E-state index contributed by atoms with van der Waals surface area (Å²) in [5, 5.41) is 28.7. The third kappa shape index (κ3) is 2.47. The Morgan fingerprint density at radius 3 is 2.29 bits per heavy atom. The lowest BCUT2D eigenvalue weighted by Gasteiger charge is -2.04. The van der Waals surface area contributed by atoms with Crippen LogP contribution in [0.1, 0.15) is 24.2 Å². The zero-order valence-electron chi connectivity index (χ0n) is 9.64. The number of aromatic hydroxyl groups is 2. The van der Waals surface area contributed by atoms with Gasteiger partial charge in [-0.15, -0.1) is 0 Å². The third-order valence-electron chi connectivity index (χ3n) is 2.20. The quantitative estimate of drug-likeness (QED) is 0.708. The van der Waals surface area contributed by atoms with Crippen molar-refractivity contribution in [3.8, 4) is 11.5 Å². The molecule has 0 aliphatic carbocycles. The average Bonchev–Trinajstić information content (AvgIpc) is 2.32. The summed E-state index contributed by atoms with van der Waals surface area (Å²) in [6.45, 7) is 4.00. The van der Waals surface area contributed by atoms with Gasteiger partial charge in [-0.1, -0.05) is 26.0 Å². The van der Waals surface area contributed by atoms with E-state index in [4.69, 9.17) is 5.11 Å². The Morgan fingerprint density at radius 2 is 1.71 bits per heavy atom. The standard InChI is InChI=1S/C11H8O4.C2H6/c12-9-3-1-2-6-4-8(11(14)15)10(13)5-7(6)9;1-2/h1-5,12-13H,(H,14,15);1-2H3. The second-order valence-corrected chi connectivity index (χ2v) is 3.17. The Hall–Kier alpha value is -2.23. The van der Waals surface area contributed by atoms with Crippen LogP contribution in [-0.4, -0.2) is 21.3 Å². The Morgan fingerprint density at radius 1 is 1.06 bits per heavy atom. The minimum absolute atomic E-state index is 0.0136. The lowest BCUT2D eigenvalue weighted by Crippen LogP contribution is -1.96. The summed E-state index contributed by atoms with van der Waals surface area (Å²) < 4.78 is 0. The van der Waals surface area contributed by atoms with Gasteiger partial charge in [0.25, 0.3) is 0 Å². The van der Waals surface area contributed by atoms with Crippen molar-refractivity contribution < 1.29 is 20.1 Å². The van der Waals surface area contributed by atoms with Crippen molar-refractivity contribution in [2.45, 2.75) is 13.8 Å². The van der Waals surface area contributed by atoms with E-state index >= 15 is 0 Å². The van der Waals surface area contributed by atoms with Crippen LogP contribution in [0.25, 0.3) is 10.8 Å². The number of carboxylic acid groups (broad SMARTS) is 1. The molecule has 2 rings (SSSR count). The van der Waals surface area contributed by atoms with Crippen LogP contribution in [0.15, 0.2) is 30.3 Å². The zero-order chi connectivity index (χ0) is 13.0. The van der Waals surface area contributed by atoms with Crippen LogP contribution in [0.3, 0.4) is 0 Å². The van der Waals surface area contributed by atoms with Crippen molar-refractivity contribution in [1.82, 2.24) is 0 Å². The molecule has 0 spiro atoms. The molecular weight excluding hydrogens is 220 g/mol. The summed E-state index contributed by atoms with van der Waals surface area (Å²) in [5.41, 5.74) is -0.173. The van der Waals surface area contributed by atoms with Gasteiger partial charge in [0.1, 0.15) is 17.1 Å². The van der Waals surface area contributed by atoms with Crippen molar-refractivity contribution in [3.63, 3.8) is 0 Å². The van der Waals surface area contributed by atoms with Crippen LogP contribution in [0.2, 0.25) is 0 Å². The number of rotatable bonds is 1. The summed E-state index contributed by atoms with van der Waals surface area (Å²) in [7, 11) is 0. The van der Waals surface area contributed by atoms with Crippen molar-refractivity contribution >= 4 is 16.7 Å². The molecule has 0 heterocycles. The van der Waals surface area contributed by atoms with Crippen molar-refractivity contribution in [3.05, 3.63) is 35.9 Å². The number of carbonyl (C=O) groups is 1. The minimum Gasteiger partial charge on any atom is -0.507 e. The predicted octanol–water partition coefficient (Wildman–Crippen LogP) is 2.98. The van der Waals surface area contributed by atoms with E-state index in [2.05, 4.69) is 0 Å². The number of aromatic carboxylic acids is 1. The van der Waals surface area contributed by atoms with Gasteiger partial charge in [-0.05, 0) is 23.6 Å². The van der Waals surface area contributed by atoms with Gasteiger partial charge in [0.2, 0.25) is 0 Å². The molecule has 0 fully saturated rings. The smallest absolute Gasteiger partial charge is 0.339 e. The summed E-state index contributed by atoms with van der Waals surface area (Å²) >= 11 is 0. The van der Waals surface area contributed by atoms with Crippen LogP contribution in [0, 0.1) is 0 Å². The number of hydrogen-bond donors (Lipinski definition) is 3. The highest BCUT2D eigenvalue weighted by atomic mass is 16.4. The number of benzene rings is 2. The molecule has 4 nitrogen and oxygen atoms in total. The molecule has 0 bridgehead atoms. The SMILES string of the molecule is CC.O=C(O)c1cc2cccc(O)c2cc1O. The molecule has 0 unspecified atom stereocenters. The molecule has 17 heavy (non-hydrogen) atoms. The molecule has 2 aromatic rings. The van der Waals surface area contributed by atoms with Crippen LogP contribution in [0.4, 0.5) is 0 Å². The second kappa shape index (κ2) is 5.21. The Labute approximate surface area is 98.8 Å². The highest BCUT2D eigenvalue weighted by Gasteiger charge is 2.11. The second-order valence-electron chi connectivity index (χ2n) is 3.17. The molecule has 2 aromatic carbocycles. The molecule has 0 aliphatic heterocycles. The molecule has 0 saturated carbocycles. The molecule has 0 atom stereocenters. The Bertz CT molecular complexity index is 546. The lowest BCUT2D eigenvalue weighted by atomic mass is 10.1. The summed E-state index contributed by atoms with van der Waals surface area (Å²) in [6, 6.07) is 7.32. The molecule has 90 valence electrons. The third-order valence-corrected chi connectivity index (χ3v) is 2.20. The van der Waals surface area contributed by atoms with E-state index in [0.29, 0.717) is 10.8 Å². The Kier molecular flexibility index (Phi) is 3.93. The number of carboxylic acids is 1. The molecule has 4 heteroatoms. The minimum atomic E-state index is -1.20. The summed E-state index contributed by atoms with van der Waals surface area (Å²) in [6.07, 6.45) is 0. The van der Waals surface area contributed by atoms with Crippen LogP contribution in [0.5, 0.6) is 11.5 Å². The molecular formula is C13H14O4. The topological polar surface area (TPSA) is 77.8 Å². The average molecular weight is 234 g/mol. The molecule has 3 N–H and O–H groups in total. The van der Waals surface area contributed by atoms with Crippen molar-refractivity contribution in [2.75, 3.05) is 0 Å². The first-order chi connectivity index (χ1) is 8.09. The van der Waals surface area contributed by atoms with E-state index in [-0.39, 0.29) is 17.1 Å². The highest BCUT2D eigenvalue weighted by Crippen LogP contribution is 2.30. The first-order valence-corrected chi connectivity index (χ1v) is 5.27. The maximum absolute atomic E-state index is 10.7. The fourth-order valence-corrected chi connectivity index (χ4v) is 1.47. The number of fused-ring (bicyclic) bond motifs is 1. The van der Waals surface area contributed by atoms with Gasteiger partial charge in [-0.2, -0.15) is 0 Å². The molecule has 0 amide bonds. The van der Waals surface area contributed by atoms with E-state index in [1.165, 1.54) is 18.2 Å².